The Bertz CT molecular complexity index is 819. The van der Waals surface area contributed by atoms with Crippen molar-refractivity contribution in [3.8, 4) is 0 Å². The third kappa shape index (κ3) is 4.14. The minimum absolute atomic E-state index is 0.0363. The molecule has 0 aliphatic carbocycles. The molecule has 0 saturated heterocycles. The molecule has 8 heteroatoms. The molecule has 7 nitrogen and oxygen atoms in total. The number of carbonyl (C=O) groups is 2. The first kappa shape index (κ1) is 18.0. The fourth-order valence-corrected chi connectivity index (χ4v) is 3.09. The minimum atomic E-state index is -0.603. The number of aromatic nitrogens is 2. The van der Waals surface area contributed by atoms with Crippen LogP contribution in [0.4, 0.5) is 0 Å². The van der Waals surface area contributed by atoms with Crippen LogP contribution in [0.5, 0.6) is 0 Å². The van der Waals surface area contributed by atoms with Crippen LogP contribution in [0.25, 0.3) is 10.9 Å². The Labute approximate surface area is 143 Å². The molecule has 0 radical (unpaired) electrons. The van der Waals surface area contributed by atoms with E-state index in [-0.39, 0.29) is 29.8 Å². The molecule has 0 spiro atoms. The summed E-state index contributed by atoms with van der Waals surface area (Å²) in [5, 5.41) is 3.46. The summed E-state index contributed by atoms with van der Waals surface area (Å²) in [7, 11) is 0. The molecule has 2 rings (SSSR count). The zero-order valence-electron chi connectivity index (χ0n) is 13.6. The first-order chi connectivity index (χ1) is 11.4. The van der Waals surface area contributed by atoms with Gasteiger partial charge in [-0.15, -0.1) is 0 Å². The fraction of sp³-hybridized carbons (Fsp3) is 0.375. The van der Waals surface area contributed by atoms with Crippen molar-refractivity contribution in [2.45, 2.75) is 31.5 Å². The predicted octanol–water partition coefficient (Wildman–Crippen LogP) is 1.06. The number of nitrogens with two attached hydrogens (primary N) is 1. The average molecular weight is 348 g/mol. The van der Waals surface area contributed by atoms with Crippen molar-refractivity contribution in [3.63, 3.8) is 0 Å². The molecule has 24 heavy (non-hydrogen) atoms. The predicted molar refractivity (Wildman–Crippen MR) is 93.9 cm³/mol. The summed E-state index contributed by atoms with van der Waals surface area (Å²) in [5.41, 5.74) is 5.48. The van der Waals surface area contributed by atoms with Crippen LogP contribution in [0.2, 0.25) is 0 Å². The Balaban J connectivity index is 2.32. The van der Waals surface area contributed by atoms with Crippen molar-refractivity contribution in [2.75, 3.05) is 12.3 Å². The van der Waals surface area contributed by atoms with Gasteiger partial charge in [0, 0.05) is 6.04 Å². The van der Waals surface area contributed by atoms with Crippen LogP contribution >= 0.6 is 11.8 Å². The van der Waals surface area contributed by atoms with Gasteiger partial charge in [0.2, 0.25) is 11.8 Å². The van der Waals surface area contributed by atoms with Crippen molar-refractivity contribution >= 4 is 34.5 Å². The highest BCUT2D eigenvalue weighted by Gasteiger charge is 2.16. The second-order valence-electron chi connectivity index (χ2n) is 5.38. The zero-order chi connectivity index (χ0) is 17.7. The number of amides is 2. The van der Waals surface area contributed by atoms with Gasteiger partial charge in [0.1, 0.15) is 0 Å². The van der Waals surface area contributed by atoms with Gasteiger partial charge in [-0.3, -0.25) is 19.0 Å². The summed E-state index contributed by atoms with van der Waals surface area (Å²) in [6.45, 7) is 3.72. The van der Waals surface area contributed by atoms with Crippen LogP contribution in [0, 0.1) is 0 Å². The summed E-state index contributed by atoms with van der Waals surface area (Å²) in [6, 6.07) is 7.10. The molecule has 0 aliphatic heterocycles. The van der Waals surface area contributed by atoms with Crippen LogP contribution in [0.3, 0.4) is 0 Å². The number of hydrogen-bond acceptors (Lipinski definition) is 5. The van der Waals surface area contributed by atoms with E-state index in [1.54, 1.807) is 22.8 Å². The van der Waals surface area contributed by atoms with E-state index in [1.165, 1.54) is 11.8 Å². The van der Waals surface area contributed by atoms with Crippen molar-refractivity contribution in [1.29, 1.82) is 0 Å². The maximum atomic E-state index is 12.8. The molecule has 3 N–H and O–H groups in total. The van der Waals surface area contributed by atoms with E-state index in [0.717, 1.165) is 6.42 Å². The largest absolute Gasteiger partial charge is 0.368 e. The summed E-state index contributed by atoms with van der Waals surface area (Å²) in [5.74, 6) is -0.889. The molecule has 128 valence electrons. The van der Waals surface area contributed by atoms with Gasteiger partial charge in [-0.2, -0.15) is 0 Å². The second kappa shape index (κ2) is 7.96. The van der Waals surface area contributed by atoms with Crippen molar-refractivity contribution in [1.82, 2.24) is 14.9 Å². The third-order valence-electron chi connectivity index (χ3n) is 3.60. The summed E-state index contributed by atoms with van der Waals surface area (Å²) >= 11 is 1.17. The number of thioether (sulfide) groups is 1. The highest BCUT2D eigenvalue weighted by Crippen LogP contribution is 2.22. The molecule has 2 aromatic rings. The minimum Gasteiger partial charge on any atom is -0.368 e. The van der Waals surface area contributed by atoms with Crippen LogP contribution in [-0.4, -0.2) is 33.7 Å². The lowest BCUT2D eigenvalue weighted by Crippen LogP contribution is -2.34. The molecule has 0 bridgehead atoms. The maximum absolute atomic E-state index is 12.8. The van der Waals surface area contributed by atoms with E-state index >= 15 is 0 Å². The monoisotopic (exact) mass is 348 g/mol. The first-order valence-electron chi connectivity index (χ1n) is 7.63. The zero-order valence-corrected chi connectivity index (χ0v) is 14.4. The van der Waals surface area contributed by atoms with E-state index < -0.39 is 5.91 Å². The molecular formula is C16H20N4O3S. The molecule has 0 aliphatic rings. The number of hydrogen-bond donors (Lipinski definition) is 2. The summed E-state index contributed by atoms with van der Waals surface area (Å²) in [4.78, 5) is 39.7. The lowest BCUT2D eigenvalue weighted by atomic mass is 10.2. The van der Waals surface area contributed by atoms with Crippen molar-refractivity contribution in [3.05, 3.63) is 34.6 Å². The number of nitrogens with zero attached hydrogens (tertiary/aromatic N) is 2. The van der Waals surface area contributed by atoms with Gasteiger partial charge in [0.05, 0.1) is 23.2 Å². The van der Waals surface area contributed by atoms with E-state index in [0.29, 0.717) is 16.1 Å². The smallest absolute Gasteiger partial charge is 0.262 e. The lowest BCUT2D eigenvalue weighted by molar-refractivity contribution is -0.123. The van der Waals surface area contributed by atoms with E-state index in [4.69, 9.17) is 5.73 Å². The molecule has 1 heterocycles. The molecule has 1 atom stereocenters. The standard InChI is InChI=1S/C16H20N4O3S/c1-3-10(2)20-15(23)11-6-4-5-7-12(11)19-16(20)24-9-14(22)18-8-13(17)21/h4-7,10H,3,8-9H2,1-2H3,(H2,17,21)(H,18,22)/t10-/m1/s1. The summed E-state index contributed by atoms with van der Waals surface area (Å²) in [6.07, 6.45) is 0.765. The fourth-order valence-electron chi connectivity index (χ4n) is 2.17. The van der Waals surface area contributed by atoms with Crippen molar-refractivity contribution < 1.29 is 9.59 Å². The molecule has 0 saturated carbocycles. The molecule has 0 fully saturated rings. The number of para-hydroxylation sites is 1. The Morgan fingerprint density at radius 3 is 2.75 bits per heavy atom. The van der Waals surface area contributed by atoms with Gasteiger partial charge < -0.3 is 11.1 Å². The van der Waals surface area contributed by atoms with Gasteiger partial charge in [0.25, 0.3) is 5.56 Å². The third-order valence-corrected chi connectivity index (χ3v) is 4.55. The highest BCUT2D eigenvalue weighted by molar-refractivity contribution is 7.99. The van der Waals surface area contributed by atoms with Gasteiger partial charge >= 0.3 is 0 Å². The highest BCUT2D eigenvalue weighted by atomic mass is 32.2. The number of carbonyl (C=O) groups excluding carboxylic acids is 2. The van der Waals surface area contributed by atoms with Crippen LogP contribution < -0.4 is 16.6 Å². The second-order valence-corrected chi connectivity index (χ2v) is 6.32. The molecule has 1 aromatic heterocycles. The van der Waals surface area contributed by atoms with Gasteiger partial charge in [-0.1, -0.05) is 30.8 Å². The van der Waals surface area contributed by atoms with Gasteiger partial charge in [-0.05, 0) is 25.5 Å². The molecule has 2 amide bonds. The van der Waals surface area contributed by atoms with E-state index in [1.807, 2.05) is 19.9 Å². The average Bonchev–Trinajstić information content (AvgIpc) is 2.57. The number of benzene rings is 1. The molecule has 0 unspecified atom stereocenters. The van der Waals surface area contributed by atoms with Crippen molar-refractivity contribution in [2.24, 2.45) is 5.73 Å². The molecular weight excluding hydrogens is 328 g/mol. The quantitative estimate of drug-likeness (QED) is 0.575. The van der Waals surface area contributed by atoms with E-state index in [9.17, 15) is 14.4 Å². The number of rotatable bonds is 7. The Kier molecular flexibility index (Phi) is 5.97. The number of fused-ring (bicyclic) bond motifs is 1. The van der Waals surface area contributed by atoms with E-state index in [2.05, 4.69) is 10.3 Å². The number of primary amides is 1. The van der Waals surface area contributed by atoms with Crippen LogP contribution in [0.1, 0.15) is 26.3 Å². The lowest BCUT2D eigenvalue weighted by Gasteiger charge is -2.18. The Morgan fingerprint density at radius 1 is 1.38 bits per heavy atom. The van der Waals surface area contributed by atoms with Gasteiger partial charge in [-0.25, -0.2) is 4.98 Å². The summed E-state index contributed by atoms with van der Waals surface area (Å²) < 4.78 is 1.62. The van der Waals surface area contributed by atoms with Gasteiger partial charge in [0.15, 0.2) is 5.16 Å². The van der Waals surface area contributed by atoms with Crippen LogP contribution in [0.15, 0.2) is 34.2 Å². The Morgan fingerprint density at radius 2 is 2.08 bits per heavy atom. The SMILES string of the molecule is CC[C@@H](C)n1c(SCC(=O)NCC(N)=O)nc2ccccc2c1=O. The first-order valence-corrected chi connectivity index (χ1v) is 8.61. The van der Waals surface area contributed by atoms with Crippen LogP contribution in [-0.2, 0) is 9.59 Å². The maximum Gasteiger partial charge on any atom is 0.262 e. The molecule has 1 aromatic carbocycles. The topological polar surface area (TPSA) is 107 Å². The normalized spacial score (nSPS) is 12.1. The number of nitrogens with one attached hydrogen (secondary N) is 1. The Hall–Kier alpha value is -2.35.